The topological polar surface area (TPSA) is 78.6 Å². The van der Waals surface area contributed by atoms with Crippen molar-refractivity contribution in [1.82, 2.24) is 0 Å². The first-order chi connectivity index (χ1) is 9.54. The highest BCUT2D eigenvalue weighted by molar-refractivity contribution is 5.95. The van der Waals surface area contributed by atoms with Gasteiger partial charge in [-0.2, -0.15) is 0 Å². The van der Waals surface area contributed by atoms with Gasteiger partial charge in [-0.05, 0) is 36.5 Å². The van der Waals surface area contributed by atoms with Crippen LogP contribution < -0.4 is 16.0 Å². The first-order valence-electron chi connectivity index (χ1n) is 7.20. The van der Waals surface area contributed by atoms with Crippen molar-refractivity contribution in [1.29, 1.82) is 0 Å². The molecular weight excluding hydrogens is 254 g/mol. The Labute approximate surface area is 118 Å². The minimum Gasteiger partial charge on any atom is -0.397 e. The third-order valence-electron chi connectivity index (χ3n) is 4.35. The van der Waals surface area contributed by atoms with Gasteiger partial charge in [0.15, 0.2) is 0 Å². The number of carbonyl (C=O) groups excluding carboxylic acids is 1. The number of nitrogens with two attached hydrogens (primary N) is 1. The van der Waals surface area contributed by atoms with Gasteiger partial charge in [0.05, 0.1) is 17.5 Å². The van der Waals surface area contributed by atoms with Crippen LogP contribution in [0.25, 0.3) is 0 Å². The van der Waals surface area contributed by atoms with E-state index in [2.05, 4.69) is 10.2 Å². The maximum absolute atomic E-state index is 11.5. The summed E-state index contributed by atoms with van der Waals surface area (Å²) in [6, 6.07) is 3.95. The molecule has 0 aliphatic carbocycles. The molecule has 2 atom stereocenters. The van der Waals surface area contributed by atoms with Crippen molar-refractivity contribution < 1.29 is 9.90 Å². The number of hydrogen-bond acceptors (Lipinski definition) is 4. The molecule has 0 saturated carbocycles. The highest BCUT2D eigenvalue weighted by Crippen LogP contribution is 2.35. The Bertz CT molecular complexity index is 544. The number of aliphatic hydroxyl groups is 1. The molecule has 20 heavy (non-hydrogen) atoms. The van der Waals surface area contributed by atoms with Crippen LogP contribution in [0.15, 0.2) is 12.1 Å². The number of nitrogens with zero attached hydrogens (tertiary/aromatic N) is 1. The van der Waals surface area contributed by atoms with E-state index < -0.39 is 0 Å². The van der Waals surface area contributed by atoms with Crippen molar-refractivity contribution in [2.75, 3.05) is 29.0 Å². The Hall–Kier alpha value is -1.75. The lowest BCUT2D eigenvalue weighted by Crippen LogP contribution is -2.42. The largest absolute Gasteiger partial charge is 0.397 e. The van der Waals surface area contributed by atoms with Crippen molar-refractivity contribution in [2.45, 2.75) is 32.3 Å². The van der Waals surface area contributed by atoms with Gasteiger partial charge < -0.3 is 21.1 Å². The predicted molar refractivity (Wildman–Crippen MR) is 79.8 cm³/mol. The van der Waals surface area contributed by atoms with Crippen LogP contribution in [0.1, 0.15) is 25.3 Å². The second kappa shape index (κ2) is 4.98. The summed E-state index contributed by atoms with van der Waals surface area (Å²) in [5.74, 6) is 0.296. The number of hydrogen-bond donors (Lipinski definition) is 3. The van der Waals surface area contributed by atoms with E-state index in [1.807, 2.05) is 19.1 Å². The molecule has 1 saturated heterocycles. The number of fused-ring (bicyclic) bond motifs is 1. The molecule has 4 N–H and O–H groups in total. The first kappa shape index (κ1) is 13.2. The van der Waals surface area contributed by atoms with Crippen LogP contribution in [0.4, 0.5) is 17.1 Å². The molecule has 2 aliphatic rings. The van der Waals surface area contributed by atoms with E-state index >= 15 is 0 Å². The highest BCUT2D eigenvalue weighted by atomic mass is 16.3. The summed E-state index contributed by atoms with van der Waals surface area (Å²) >= 11 is 0. The van der Waals surface area contributed by atoms with Crippen LogP contribution in [0.3, 0.4) is 0 Å². The van der Waals surface area contributed by atoms with Gasteiger partial charge in [0.25, 0.3) is 0 Å². The van der Waals surface area contributed by atoms with Crippen LogP contribution in [-0.2, 0) is 11.2 Å². The van der Waals surface area contributed by atoms with E-state index in [0.717, 1.165) is 48.6 Å². The van der Waals surface area contributed by atoms with Crippen molar-refractivity contribution in [3.63, 3.8) is 0 Å². The number of rotatable bonds is 1. The summed E-state index contributed by atoms with van der Waals surface area (Å²) in [6.45, 7) is 3.63. The molecule has 1 fully saturated rings. The Morgan fingerprint density at radius 1 is 1.40 bits per heavy atom. The molecule has 2 heterocycles. The minimum atomic E-state index is -0.232. The van der Waals surface area contributed by atoms with Gasteiger partial charge in [-0.3, -0.25) is 4.79 Å². The van der Waals surface area contributed by atoms with Crippen LogP contribution in [0.2, 0.25) is 0 Å². The third kappa shape index (κ3) is 2.33. The monoisotopic (exact) mass is 275 g/mol. The Kier molecular flexibility index (Phi) is 3.30. The number of nitrogen functional groups attached to an aromatic ring is 1. The average Bonchev–Trinajstić information content (AvgIpc) is 2.42. The maximum Gasteiger partial charge on any atom is 0.224 e. The first-order valence-corrected chi connectivity index (χ1v) is 7.20. The van der Waals surface area contributed by atoms with E-state index in [9.17, 15) is 9.90 Å². The van der Waals surface area contributed by atoms with Crippen molar-refractivity contribution in [3.05, 3.63) is 17.7 Å². The molecule has 5 heteroatoms. The lowest BCUT2D eigenvalue weighted by molar-refractivity contribution is -0.116. The number of carbonyl (C=O) groups is 1. The Balaban J connectivity index is 1.90. The molecule has 1 aromatic carbocycles. The lowest BCUT2D eigenvalue weighted by Gasteiger charge is -2.37. The molecule has 0 bridgehead atoms. The lowest BCUT2D eigenvalue weighted by atomic mass is 9.95. The second-order valence-electron chi connectivity index (χ2n) is 5.90. The predicted octanol–water partition coefficient (Wildman–Crippen LogP) is 1.36. The summed E-state index contributed by atoms with van der Waals surface area (Å²) in [7, 11) is 0. The zero-order chi connectivity index (χ0) is 14.3. The zero-order valence-corrected chi connectivity index (χ0v) is 11.7. The Morgan fingerprint density at radius 2 is 2.20 bits per heavy atom. The molecule has 0 radical (unpaired) electrons. The molecule has 1 amide bonds. The summed E-state index contributed by atoms with van der Waals surface area (Å²) in [6.07, 6.45) is 1.80. The van der Waals surface area contributed by atoms with Gasteiger partial charge in [-0.15, -0.1) is 0 Å². The fourth-order valence-corrected chi connectivity index (χ4v) is 3.06. The molecule has 1 aromatic rings. The number of aryl methyl sites for hydroxylation is 1. The van der Waals surface area contributed by atoms with E-state index in [4.69, 9.17) is 5.73 Å². The zero-order valence-electron chi connectivity index (χ0n) is 11.7. The molecule has 3 rings (SSSR count). The van der Waals surface area contributed by atoms with Crippen LogP contribution in [-0.4, -0.2) is 30.2 Å². The fraction of sp³-hybridized carbons (Fsp3) is 0.533. The van der Waals surface area contributed by atoms with Gasteiger partial charge in [0.1, 0.15) is 0 Å². The minimum absolute atomic E-state index is 0.0654. The molecular formula is C15H21N3O2. The smallest absolute Gasteiger partial charge is 0.224 e. The van der Waals surface area contributed by atoms with Crippen molar-refractivity contribution in [2.24, 2.45) is 5.92 Å². The van der Waals surface area contributed by atoms with E-state index in [1.165, 1.54) is 0 Å². The molecule has 0 aromatic heterocycles. The number of anilines is 3. The fourth-order valence-electron chi connectivity index (χ4n) is 3.06. The highest BCUT2D eigenvalue weighted by Gasteiger charge is 2.26. The van der Waals surface area contributed by atoms with Crippen LogP contribution in [0, 0.1) is 5.92 Å². The van der Waals surface area contributed by atoms with Gasteiger partial charge in [0.2, 0.25) is 5.91 Å². The van der Waals surface area contributed by atoms with E-state index in [0.29, 0.717) is 6.42 Å². The third-order valence-corrected chi connectivity index (χ3v) is 4.35. The van der Waals surface area contributed by atoms with E-state index in [-0.39, 0.29) is 17.9 Å². The maximum atomic E-state index is 11.5. The van der Waals surface area contributed by atoms with Crippen molar-refractivity contribution >= 4 is 23.0 Å². The van der Waals surface area contributed by atoms with Gasteiger partial charge in [0, 0.05) is 25.2 Å². The molecule has 2 unspecified atom stereocenters. The van der Waals surface area contributed by atoms with Gasteiger partial charge in [-0.25, -0.2) is 0 Å². The Morgan fingerprint density at radius 3 is 2.95 bits per heavy atom. The van der Waals surface area contributed by atoms with Gasteiger partial charge >= 0.3 is 0 Å². The van der Waals surface area contributed by atoms with Gasteiger partial charge in [-0.1, -0.05) is 6.92 Å². The average molecular weight is 275 g/mol. The summed E-state index contributed by atoms with van der Waals surface area (Å²) in [5, 5.41) is 12.7. The number of piperidine rings is 1. The standard InChI is InChI=1S/C15H21N3O2/c1-9-8-18(5-4-14(9)19)13-7-12-10(6-11(13)16)2-3-15(20)17-12/h6-7,9,14,19H,2-5,8,16H2,1H3,(H,17,20). The summed E-state index contributed by atoms with van der Waals surface area (Å²) in [4.78, 5) is 13.7. The number of benzene rings is 1. The number of aliphatic hydroxyl groups excluding tert-OH is 1. The SMILES string of the molecule is CC1CN(c2cc3c(cc2N)CCC(=O)N3)CCC1O. The van der Waals surface area contributed by atoms with Crippen molar-refractivity contribution in [3.8, 4) is 0 Å². The molecule has 0 spiro atoms. The van der Waals surface area contributed by atoms with Crippen LogP contribution >= 0.6 is 0 Å². The molecule has 2 aliphatic heterocycles. The molecule has 108 valence electrons. The van der Waals surface area contributed by atoms with E-state index in [1.54, 1.807) is 0 Å². The number of nitrogens with one attached hydrogen (secondary N) is 1. The summed E-state index contributed by atoms with van der Waals surface area (Å²) in [5.41, 5.74) is 9.88. The number of amides is 1. The summed E-state index contributed by atoms with van der Waals surface area (Å²) < 4.78 is 0. The quantitative estimate of drug-likeness (QED) is 0.676. The van der Waals surface area contributed by atoms with Crippen LogP contribution in [0.5, 0.6) is 0 Å². The normalized spacial score (nSPS) is 26.1. The second-order valence-corrected chi connectivity index (χ2v) is 5.90. The molecule has 5 nitrogen and oxygen atoms in total.